The third-order valence-electron chi connectivity index (χ3n) is 2.47. The molecule has 0 aliphatic carbocycles. The Hall–Kier alpha value is -0.610. The third kappa shape index (κ3) is 2.97. The zero-order valence-corrected chi connectivity index (χ0v) is 8.08. The Balaban J connectivity index is 2.46. The minimum absolute atomic E-state index is 0.172. The molecule has 0 radical (unpaired) electrons. The SMILES string of the molecule is CCNC(C(N)=O)C1CCOCC1. The van der Waals surface area contributed by atoms with Gasteiger partial charge in [-0.15, -0.1) is 0 Å². The predicted molar refractivity (Wildman–Crippen MR) is 50.2 cm³/mol. The highest BCUT2D eigenvalue weighted by Gasteiger charge is 2.27. The number of nitrogens with one attached hydrogen (secondary N) is 1. The van der Waals surface area contributed by atoms with E-state index in [-0.39, 0.29) is 11.9 Å². The molecule has 1 saturated heterocycles. The number of nitrogens with two attached hydrogens (primary N) is 1. The molecule has 4 heteroatoms. The van der Waals surface area contributed by atoms with E-state index in [1.54, 1.807) is 0 Å². The molecule has 1 atom stereocenters. The summed E-state index contributed by atoms with van der Waals surface area (Å²) < 4.78 is 5.23. The Labute approximate surface area is 78.8 Å². The minimum Gasteiger partial charge on any atom is -0.381 e. The van der Waals surface area contributed by atoms with Crippen LogP contribution in [0.5, 0.6) is 0 Å². The number of hydrogen-bond acceptors (Lipinski definition) is 3. The maximum Gasteiger partial charge on any atom is 0.234 e. The van der Waals surface area contributed by atoms with Crippen LogP contribution in [0.3, 0.4) is 0 Å². The molecule has 1 rings (SSSR count). The largest absolute Gasteiger partial charge is 0.381 e. The molecular weight excluding hydrogens is 168 g/mol. The molecule has 0 aromatic rings. The molecule has 13 heavy (non-hydrogen) atoms. The molecule has 1 fully saturated rings. The number of carbonyl (C=O) groups excluding carboxylic acids is 1. The van der Waals surface area contributed by atoms with Crippen LogP contribution < -0.4 is 11.1 Å². The Morgan fingerprint density at radius 2 is 2.23 bits per heavy atom. The summed E-state index contributed by atoms with van der Waals surface area (Å²) in [7, 11) is 0. The van der Waals surface area contributed by atoms with E-state index < -0.39 is 0 Å². The van der Waals surface area contributed by atoms with Crippen LogP contribution >= 0.6 is 0 Å². The van der Waals surface area contributed by atoms with Gasteiger partial charge in [0.25, 0.3) is 0 Å². The summed E-state index contributed by atoms with van der Waals surface area (Å²) in [6, 6.07) is -0.172. The van der Waals surface area contributed by atoms with Gasteiger partial charge in [-0.05, 0) is 25.3 Å². The minimum atomic E-state index is -0.242. The number of hydrogen-bond donors (Lipinski definition) is 2. The molecule has 1 aliphatic rings. The van der Waals surface area contributed by atoms with Gasteiger partial charge in [0.2, 0.25) is 5.91 Å². The van der Waals surface area contributed by atoms with E-state index in [2.05, 4.69) is 5.32 Å². The number of ether oxygens (including phenoxy) is 1. The highest BCUT2D eigenvalue weighted by Crippen LogP contribution is 2.18. The first-order valence-corrected chi connectivity index (χ1v) is 4.86. The Morgan fingerprint density at radius 1 is 1.62 bits per heavy atom. The lowest BCUT2D eigenvalue weighted by molar-refractivity contribution is -0.122. The summed E-state index contributed by atoms with van der Waals surface area (Å²) in [6.07, 6.45) is 1.86. The molecule has 1 aliphatic heterocycles. The van der Waals surface area contributed by atoms with Gasteiger partial charge >= 0.3 is 0 Å². The number of carbonyl (C=O) groups is 1. The van der Waals surface area contributed by atoms with Crippen LogP contribution in [-0.2, 0) is 9.53 Å². The molecule has 1 amide bonds. The van der Waals surface area contributed by atoms with Crippen molar-refractivity contribution < 1.29 is 9.53 Å². The van der Waals surface area contributed by atoms with E-state index in [1.165, 1.54) is 0 Å². The summed E-state index contributed by atoms with van der Waals surface area (Å²) in [4.78, 5) is 11.1. The number of likely N-dealkylation sites (N-methyl/N-ethyl adjacent to an activating group) is 1. The van der Waals surface area contributed by atoms with Crippen LogP contribution in [-0.4, -0.2) is 31.7 Å². The van der Waals surface area contributed by atoms with Crippen molar-refractivity contribution in [2.45, 2.75) is 25.8 Å². The first-order chi connectivity index (χ1) is 6.25. The van der Waals surface area contributed by atoms with Gasteiger partial charge in [0.05, 0.1) is 6.04 Å². The second-order valence-electron chi connectivity index (χ2n) is 3.39. The zero-order chi connectivity index (χ0) is 9.68. The lowest BCUT2D eigenvalue weighted by Crippen LogP contribution is -2.48. The summed E-state index contributed by atoms with van der Waals surface area (Å²) >= 11 is 0. The smallest absolute Gasteiger partial charge is 0.234 e. The van der Waals surface area contributed by atoms with Gasteiger partial charge in [-0.2, -0.15) is 0 Å². The fraction of sp³-hybridized carbons (Fsp3) is 0.889. The van der Waals surface area contributed by atoms with Crippen molar-refractivity contribution in [1.29, 1.82) is 0 Å². The number of primary amides is 1. The Kier molecular flexibility index (Phi) is 4.18. The average molecular weight is 186 g/mol. The maximum absolute atomic E-state index is 11.1. The van der Waals surface area contributed by atoms with Crippen LogP contribution in [0.4, 0.5) is 0 Å². The fourth-order valence-corrected chi connectivity index (χ4v) is 1.77. The van der Waals surface area contributed by atoms with E-state index in [4.69, 9.17) is 10.5 Å². The molecule has 0 saturated carbocycles. The van der Waals surface area contributed by atoms with Crippen molar-refractivity contribution in [1.82, 2.24) is 5.32 Å². The van der Waals surface area contributed by atoms with Gasteiger partial charge in [0, 0.05) is 13.2 Å². The molecule has 0 bridgehead atoms. The maximum atomic E-state index is 11.1. The van der Waals surface area contributed by atoms with Crippen LogP contribution in [0.1, 0.15) is 19.8 Å². The quantitative estimate of drug-likeness (QED) is 0.643. The monoisotopic (exact) mass is 186 g/mol. The molecule has 1 unspecified atom stereocenters. The number of amides is 1. The van der Waals surface area contributed by atoms with Gasteiger partial charge in [0.15, 0.2) is 0 Å². The molecule has 0 aromatic carbocycles. The van der Waals surface area contributed by atoms with Gasteiger partial charge in [-0.25, -0.2) is 0 Å². The zero-order valence-electron chi connectivity index (χ0n) is 8.08. The van der Waals surface area contributed by atoms with Crippen LogP contribution in [0, 0.1) is 5.92 Å². The Morgan fingerprint density at radius 3 is 2.69 bits per heavy atom. The average Bonchev–Trinajstić information content (AvgIpc) is 2.15. The van der Waals surface area contributed by atoms with Crippen molar-refractivity contribution in [2.24, 2.45) is 11.7 Å². The molecule has 0 spiro atoms. The van der Waals surface area contributed by atoms with Crippen LogP contribution in [0.25, 0.3) is 0 Å². The third-order valence-corrected chi connectivity index (χ3v) is 2.47. The van der Waals surface area contributed by atoms with E-state index in [0.29, 0.717) is 5.92 Å². The lowest BCUT2D eigenvalue weighted by Gasteiger charge is -2.28. The molecular formula is C9H18N2O2. The van der Waals surface area contributed by atoms with Gasteiger partial charge in [-0.1, -0.05) is 6.92 Å². The van der Waals surface area contributed by atoms with Gasteiger partial charge in [-0.3, -0.25) is 4.79 Å². The molecule has 1 heterocycles. The van der Waals surface area contributed by atoms with Crippen molar-refractivity contribution in [3.63, 3.8) is 0 Å². The number of rotatable bonds is 4. The summed E-state index contributed by atoms with van der Waals surface area (Å²) in [5.41, 5.74) is 5.31. The van der Waals surface area contributed by atoms with Crippen molar-refractivity contribution >= 4 is 5.91 Å². The highest BCUT2D eigenvalue weighted by molar-refractivity contribution is 5.80. The summed E-state index contributed by atoms with van der Waals surface area (Å²) in [6.45, 7) is 4.26. The fourth-order valence-electron chi connectivity index (χ4n) is 1.77. The van der Waals surface area contributed by atoms with Crippen LogP contribution in [0.2, 0.25) is 0 Å². The van der Waals surface area contributed by atoms with Crippen molar-refractivity contribution in [3.05, 3.63) is 0 Å². The predicted octanol–water partition coefficient (Wildman–Crippen LogP) is -0.124. The first-order valence-electron chi connectivity index (χ1n) is 4.86. The second kappa shape index (κ2) is 5.19. The summed E-state index contributed by atoms with van der Waals surface area (Å²) in [5, 5.41) is 3.12. The molecule has 76 valence electrons. The van der Waals surface area contributed by atoms with E-state index in [0.717, 1.165) is 32.6 Å². The molecule has 0 aromatic heterocycles. The normalized spacial score (nSPS) is 21.3. The van der Waals surface area contributed by atoms with Gasteiger partial charge in [0.1, 0.15) is 0 Å². The highest BCUT2D eigenvalue weighted by atomic mass is 16.5. The van der Waals surface area contributed by atoms with E-state index in [9.17, 15) is 4.79 Å². The van der Waals surface area contributed by atoms with Gasteiger partial charge < -0.3 is 15.8 Å². The first kappa shape index (κ1) is 10.5. The second-order valence-corrected chi connectivity index (χ2v) is 3.39. The van der Waals surface area contributed by atoms with Crippen molar-refractivity contribution in [2.75, 3.05) is 19.8 Å². The van der Waals surface area contributed by atoms with Crippen molar-refractivity contribution in [3.8, 4) is 0 Å². The topological polar surface area (TPSA) is 64.3 Å². The summed E-state index contributed by atoms with van der Waals surface area (Å²) in [5.74, 6) is 0.111. The van der Waals surface area contributed by atoms with E-state index >= 15 is 0 Å². The molecule has 3 N–H and O–H groups in total. The van der Waals surface area contributed by atoms with Crippen LogP contribution in [0.15, 0.2) is 0 Å². The standard InChI is InChI=1S/C9H18N2O2/c1-2-11-8(9(10)12)7-3-5-13-6-4-7/h7-8,11H,2-6H2,1H3,(H2,10,12). The lowest BCUT2D eigenvalue weighted by atomic mass is 9.91. The van der Waals surface area contributed by atoms with E-state index in [1.807, 2.05) is 6.92 Å². The molecule has 4 nitrogen and oxygen atoms in total. The Bertz CT molecular complexity index is 167.